The van der Waals surface area contributed by atoms with Gasteiger partial charge in [0.2, 0.25) is 0 Å². The van der Waals surface area contributed by atoms with Gasteiger partial charge in [-0.15, -0.1) is 0 Å². The topological polar surface area (TPSA) is 54.9 Å². The maximum atomic E-state index is 12.6. The second-order valence-corrected chi connectivity index (χ2v) is 4.90. The summed E-state index contributed by atoms with van der Waals surface area (Å²) in [5.74, 6) is 1.02. The third-order valence-electron chi connectivity index (χ3n) is 3.16. The van der Waals surface area contributed by atoms with E-state index < -0.39 is 6.61 Å². The van der Waals surface area contributed by atoms with Crippen LogP contribution in [0.2, 0.25) is 0 Å². The molecule has 1 aliphatic carbocycles. The number of nitrogens with one attached hydrogen (secondary N) is 2. The quantitative estimate of drug-likeness (QED) is 0.600. The number of halogens is 2. The molecule has 1 aromatic carbocycles. The summed E-state index contributed by atoms with van der Waals surface area (Å²) in [5, 5.41) is 6.33. The SMILES string of the molecule is CCOc1cccc(CNC(=NC)NC2CC2)c1OC(F)F. The molecule has 0 saturated heterocycles. The monoisotopic (exact) mass is 313 g/mol. The van der Waals surface area contributed by atoms with Crippen LogP contribution in [-0.2, 0) is 6.54 Å². The summed E-state index contributed by atoms with van der Waals surface area (Å²) < 4.78 is 35.2. The average molecular weight is 313 g/mol. The Balaban J connectivity index is 2.08. The van der Waals surface area contributed by atoms with Crippen LogP contribution in [0.1, 0.15) is 25.3 Å². The second kappa shape index (κ2) is 7.82. The number of guanidine groups is 1. The molecule has 0 bridgehead atoms. The van der Waals surface area contributed by atoms with Gasteiger partial charge in [0.15, 0.2) is 17.5 Å². The average Bonchev–Trinajstić information content (AvgIpc) is 3.30. The van der Waals surface area contributed by atoms with Crippen LogP contribution in [0.5, 0.6) is 11.5 Å². The van der Waals surface area contributed by atoms with Gasteiger partial charge in [-0.3, -0.25) is 4.99 Å². The van der Waals surface area contributed by atoms with Crippen LogP contribution in [0.25, 0.3) is 0 Å². The lowest BCUT2D eigenvalue weighted by Crippen LogP contribution is -2.38. The van der Waals surface area contributed by atoms with E-state index in [-0.39, 0.29) is 5.75 Å². The van der Waals surface area contributed by atoms with Crippen LogP contribution >= 0.6 is 0 Å². The van der Waals surface area contributed by atoms with Crippen molar-refractivity contribution in [1.29, 1.82) is 0 Å². The van der Waals surface area contributed by atoms with Gasteiger partial charge in [0.1, 0.15) is 0 Å². The molecule has 1 aliphatic rings. The highest BCUT2D eigenvalue weighted by atomic mass is 19.3. The number of alkyl halides is 2. The zero-order valence-electron chi connectivity index (χ0n) is 12.7. The fourth-order valence-corrected chi connectivity index (χ4v) is 1.99. The molecule has 0 aliphatic heterocycles. The number of hydrogen-bond donors (Lipinski definition) is 2. The smallest absolute Gasteiger partial charge is 0.387 e. The van der Waals surface area contributed by atoms with Gasteiger partial charge in [-0.25, -0.2) is 0 Å². The van der Waals surface area contributed by atoms with Gasteiger partial charge in [0.05, 0.1) is 6.61 Å². The summed E-state index contributed by atoms with van der Waals surface area (Å²) in [7, 11) is 1.67. The highest BCUT2D eigenvalue weighted by molar-refractivity contribution is 5.80. The van der Waals surface area contributed by atoms with E-state index in [2.05, 4.69) is 20.4 Å². The van der Waals surface area contributed by atoms with Gasteiger partial charge in [-0.1, -0.05) is 12.1 Å². The van der Waals surface area contributed by atoms with Gasteiger partial charge in [0.25, 0.3) is 0 Å². The van der Waals surface area contributed by atoms with Crippen LogP contribution in [0.15, 0.2) is 23.2 Å². The van der Waals surface area contributed by atoms with Gasteiger partial charge in [0, 0.05) is 25.2 Å². The van der Waals surface area contributed by atoms with Crippen molar-refractivity contribution in [3.05, 3.63) is 23.8 Å². The van der Waals surface area contributed by atoms with E-state index in [0.717, 1.165) is 12.8 Å². The number of ether oxygens (including phenoxy) is 2. The number of para-hydroxylation sites is 1. The van der Waals surface area contributed by atoms with Crippen LogP contribution < -0.4 is 20.1 Å². The fourth-order valence-electron chi connectivity index (χ4n) is 1.99. The summed E-state index contributed by atoms with van der Waals surface area (Å²) in [6.45, 7) is -0.417. The maximum Gasteiger partial charge on any atom is 0.387 e. The van der Waals surface area contributed by atoms with Crippen molar-refractivity contribution >= 4 is 5.96 Å². The number of aliphatic imine (C=N–C) groups is 1. The third-order valence-corrected chi connectivity index (χ3v) is 3.16. The van der Waals surface area contributed by atoms with E-state index in [0.29, 0.717) is 36.5 Å². The lowest BCUT2D eigenvalue weighted by molar-refractivity contribution is -0.0520. The van der Waals surface area contributed by atoms with Crippen molar-refractivity contribution in [2.24, 2.45) is 4.99 Å². The first-order valence-corrected chi connectivity index (χ1v) is 7.30. The Labute approximate surface area is 128 Å². The molecule has 0 aromatic heterocycles. The zero-order valence-corrected chi connectivity index (χ0v) is 12.7. The minimum absolute atomic E-state index is 0.0636. The Bertz CT molecular complexity index is 520. The van der Waals surface area contributed by atoms with Crippen molar-refractivity contribution in [2.75, 3.05) is 13.7 Å². The Hall–Kier alpha value is -2.05. The molecular formula is C15H21F2N3O2. The maximum absolute atomic E-state index is 12.6. The molecule has 2 N–H and O–H groups in total. The van der Waals surface area contributed by atoms with E-state index in [9.17, 15) is 8.78 Å². The molecule has 1 saturated carbocycles. The molecule has 0 atom stereocenters. The summed E-state index contributed by atoms with van der Waals surface area (Å²) >= 11 is 0. The van der Waals surface area contributed by atoms with Gasteiger partial charge in [-0.2, -0.15) is 8.78 Å². The highest BCUT2D eigenvalue weighted by Gasteiger charge is 2.22. The minimum atomic E-state index is -2.90. The molecule has 7 heteroatoms. The normalized spacial score (nSPS) is 14.9. The summed E-state index contributed by atoms with van der Waals surface area (Å²) in [4.78, 5) is 4.11. The van der Waals surface area contributed by atoms with Gasteiger partial charge < -0.3 is 20.1 Å². The molecule has 1 aromatic rings. The highest BCUT2D eigenvalue weighted by Crippen LogP contribution is 2.32. The Morgan fingerprint density at radius 1 is 1.41 bits per heavy atom. The predicted molar refractivity (Wildman–Crippen MR) is 80.6 cm³/mol. The van der Waals surface area contributed by atoms with E-state index >= 15 is 0 Å². The Morgan fingerprint density at radius 2 is 2.18 bits per heavy atom. The molecule has 0 unspecified atom stereocenters. The molecule has 2 rings (SSSR count). The first kappa shape index (κ1) is 16.3. The molecule has 22 heavy (non-hydrogen) atoms. The molecule has 0 spiro atoms. The molecule has 122 valence electrons. The number of benzene rings is 1. The van der Waals surface area contributed by atoms with Gasteiger partial charge >= 0.3 is 6.61 Å². The van der Waals surface area contributed by atoms with Gasteiger partial charge in [-0.05, 0) is 25.8 Å². The van der Waals surface area contributed by atoms with Crippen molar-refractivity contribution in [2.45, 2.75) is 39.0 Å². The Morgan fingerprint density at radius 3 is 2.77 bits per heavy atom. The van der Waals surface area contributed by atoms with Crippen LogP contribution in [0.4, 0.5) is 8.78 Å². The predicted octanol–water partition coefficient (Wildman–Crippen LogP) is 2.51. The molecule has 5 nitrogen and oxygen atoms in total. The van der Waals surface area contributed by atoms with Crippen LogP contribution in [0.3, 0.4) is 0 Å². The number of rotatable bonds is 7. The summed E-state index contributed by atoms with van der Waals surface area (Å²) in [6.07, 6.45) is 2.25. The standard InChI is InChI=1S/C15H21F2N3O2/c1-3-21-12-6-4-5-10(13(12)22-14(16)17)9-19-15(18-2)20-11-7-8-11/h4-6,11,14H,3,7-9H2,1-2H3,(H2,18,19,20). The minimum Gasteiger partial charge on any atom is -0.490 e. The summed E-state index contributed by atoms with van der Waals surface area (Å²) in [6, 6.07) is 5.54. The van der Waals surface area contributed by atoms with E-state index in [4.69, 9.17) is 4.74 Å². The lowest BCUT2D eigenvalue weighted by atomic mass is 10.2. The van der Waals surface area contributed by atoms with Crippen molar-refractivity contribution < 1.29 is 18.3 Å². The van der Waals surface area contributed by atoms with Crippen molar-refractivity contribution in [1.82, 2.24) is 10.6 Å². The lowest BCUT2D eigenvalue weighted by Gasteiger charge is -2.17. The van der Waals surface area contributed by atoms with Crippen molar-refractivity contribution in [3.63, 3.8) is 0 Å². The largest absolute Gasteiger partial charge is 0.490 e. The Kier molecular flexibility index (Phi) is 5.80. The molecule has 1 fully saturated rings. The molecular weight excluding hydrogens is 292 g/mol. The van der Waals surface area contributed by atoms with Crippen LogP contribution in [0, 0.1) is 0 Å². The fraction of sp³-hybridized carbons (Fsp3) is 0.533. The second-order valence-electron chi connectivity index (χ2n) is 4.90. The number of hydrogen-bond acceptors (Lipinski definition) is 3. The number of nitrogens with zero attached hydrogens (tertiary/aromatic N) is 1. The zero-order chi connectivity index (χ0) is 15.9. The van der Waals surface area contributed by atoms with Crippen LogP contribution in [-0.4, -0.2) is 32.3 Å². The molecule has 0 heterocycles. The van der Waals surface area contributed by atoms with E-state index in [1.807, 2.05) is 0 Å². The molecule has 0 radical (unpaired) electrons. The summed E-state index contributed by atoms with van der Waals surface area (Å²) in [5.41, 5.74) is 0.588. The van der Waals surface area contributed by atoms with E-state index in [1.165, 1.54) is 0 Å². The molecule has 0 amide bonds. The third kappa shape index (κ3) is 4.75. The first-order chi connectivity index (χ1) is 10.6. The van der Waals surface area contributed by atoms with E-state index in [1.54, 1.807) is 32.2 Å². The van der Waals surface area contributed by atoms with Crippen molar-refractivity contribution in [3.8, 4) is 11.5 Å². The first-order valence-electron chi connectivity index (χ1n) is 7.30.